The van der Waals surface area contributed by atoms with Gasteiger partial charge in [-0.3, -0.25) is 19.7 Å². The van der Waals surface area contributed by atoms with Gasteiger partial charge in [-0.05, 0) is 24.3 Å². The molecule has 2 rings (SSSR count). The lowest BCUT2D eigenvalue weighted by atomic mass is 10.2. The van der Waals surface area contributed by atoms with E-state index in [-0.39, 0.29) is 30.5 Å². The van der Waals surface area contributed by atoms with Gasteiger partial charge in [-0.25, -0.2) is 0 Å². The zero-order chi connectivity index (χ0) is 18.8. The molecule has 2 aromatic carbocycles. The fraction of sp³-hybridized carbons (Fsp3) is 0.222. The third-order valence-corrected chi connectivity index (χ3v) is 4.43. The first-order chi connectivity index (χ1) is 12.6. The summed E-state index contributed by atoms with van der Waals surface area (Å²) in [6.45, 7) is 0.752. The Morgan fingerprint density at radius 2 is 1.65 bits per heavy atom. The minimum Gasteiger partial charge on any atom is -0.355 e. The Labute approximate surface area is 155 Å². The Hall–Kier alpha value is -2.87. The van der Waals surface area contributed by atoms with Crippen molar-refractivity contribution in [2.24, 2.45) is 0 Å². The van der Waals surface area contributed by atoms with Gasteiger partial charge in [-0.1, -0.05) is 18.2 Å². The molecule has 0 unspecified atom stereocenters. The van der Waals surface area contributed by atoms with Crippen LogP contribution < -0.4 is 10.6 Å². The van der Waals surface area contributed by atoms with Crippen LogP contribution in [-0.2, 0) is 4.79 Å². The van der Waals surface area contributed by atoms with Crippen molar-refractivity contribution in [2.75, 3.05) is 18.8 Å². The summed E-state index contributed by atoms with van der Waals surface area (Å²) in [6, 6.07) is 15.2. The van der Waals surface area contributed by atoms with Crippen LogP contribution in [0.5, 0.6) is 0 Å². The number of hydrogen-bond donors (Lipinski definition) is 2. The normalized spacial score (nSPS) is 10.2. The molecule has 0 aliphatic rings. The second kappa shape index (κ2) is 10.2. The van der Waals surface area contributed by atoms with Crippen molar-refractivity contribution in [1.29, 1.82) is 0 Å². The molecule has 0 bridgehead atoms. The minimum atomic E-state index is -0.526. The third-order valence-electron chi connectivity index (χ3n) is 3.41. The van der Waals surface area contributed by atoms with Gasteiger partial charge in [0.1, 0.15) is 0 Å². The zero-order valence-electron chi connectivity index (χ0n) is 14.0. The molecule has 2 N–H and O–H groups in total. The number of hydrogen-bond acceptors (Lipinski definition) is 5. The largest absolute Gasteiger partial charge is 0.355 e. The van der Waals surface area contributed by atoms with Gasteiger partial charge in [0.05, 0.1) is 4.92 Å². The Bertz CT molecular complexity index is 751. The van der Waals surface area contributed by atoms with E-state index in [4.69, 9.17) is 0 Å². The number of nitrogens with zero attached hydrogens (tertiary/aromatic N) is 1. The van der Waals surface area contributed by atoms with Crippen molar-refractivity contribution in [1.82, 2.24) is 10.6 Å². The van der Waals surface area contributed by atoms with E-state index in [1.165, 1.54) is 24.3 Å². The summed E-state index contributed by atoms with van der Waals surface area (Å²) in [7, 11) is 0. The molecule has 0 saturated carbocycles. The summed E-state index contributed by atoms with van der Waals surface area (Å²) in [5.74, 6) is 0.264. The maximum atomic E-state index is 11.9. The van der Waals surface area contributed by atoms with Crippen LogP contribution in [0.15, 0.2) is 59.5 Å². The molecule has 7 nitrogen and oxygen atoms in total. The van der Waals surface area contributed by atoms with Crippen molar-refractivity contribution in [3.63, 3.8) is 0 Å². The molecule has 2 aromatic rings. The Kier molecular flexibility index (Phi) is 7.63. The van der Waals surface area contributed by atoms with Crippen molar-refractivity contribution < 1.29 is 14.5 Å². The highest BCUT2D eigenvalue weighted by Gasteiger charge is 2.09. The molecule has 0 aliphatic heterocycles. The minimum absolute atomic E-state index is 0.0747. The van der Waals surface area contributed by atoms with E-state index >= 15 is 0 Å². The smallest absolute Gasteiger partial charge is 0.269 e. The number of non-ortho nitro benzene ring substituents is 1. The van der Waals surface area contributed by atoms with Crippen LogP contribution in [0.25, 0.3) is 0 Å². The Morgan fingerprint density at radius 1 is 0.962 bits per heavy atom. The van der Waals surface area contributed by atoms with E-state index < -0.39 is 4.92 Å². The predicted octanol–water partition coefficient (Wildman–Crippen LogP) is 2.62. The fourth-order valence-corrected chi connectivity index (χ4v) is 2.88. The van der Waals surface area contributed by atoms with E-state index in [0.29, 0.717) is 12.1 Å². The van der Waals surface area contributed by atoms with E-state index in [2.05, 4.69) is 10.6 Å². The van der Waals surface area contributed by atoms with Crippen LogP contribution in [-0.4, -0.2) is 35.6 Å². The Balaban J connectivity index is 1.61. The molecule has 0 aliphatic carbocycles. The second-order valence-electron chi connectivity index (χ2n) is 5.32. The van der Waals surface area contributed by atoms with E-state index in [0.717, 1.165) is 10.6 Å². The molecule has 0 aromatic heterocycles. The molecule has 0 saturated heterocycles. The lowest BCUT2D eigenvalue weighted by Gasteiger charge is -2.07. The zero-order valence-corrected chi connectivity index (χ0v) is 14.8. The molecule has 0 radical (unpaired) electrons. The first-order valence-electron chi connectivity index (χ1n) is 8.03. The number of carbonyl (C=O) groups excluding carboxylic acids is 2. The number of carbonyl (C=O) groups is 2. The maximum Gasteiger partial charge on any atom is 0.269 e. The van der Waals surface area contributed by atoms with Crippen LogP contribution in [0.4, 0.5) is 5.69 Å². The molecule has 2 amide bonds. The molecular formula is C18H19N3O4S. The SMILES string of the molecule is O=C(CCNC(=O)c1ccc([N+](=O)[O-])cc1)NCCSc1ccccc1. The quantitative estimate of drug-likeness (QED) is 0.304. The highest BCUT2D eigenvalue weighted by atomic mass is 32.2. The molecule has 0 fully saturated rings. The van der Waals surface area contributed by atoms with Crippen molar-refractivity contribution in [3.8, 4) is 0 Å². The highest BCUT2D eigenvalue weighted by molar-refractivity contribution is 7.99. The molecule has 0 atom stereocenters. The van der Waals surface area contributed by atoms with Gasteiger partial charge in [-0.15, -0.1) is 11.8 Å². The van der Waals surface area contributed by atoms with Gasteiger partial charge in [0.2, 0.25) is 5.91 Å². The summed E-state index contributed by atoms with van der Waals surface area (Å²) in [5, 5.41) is 16.0. The van der Waals surface area contributed by atoms with E-state index in [1.54, 1.807) is 11.8 Å². The number of thioether (sulfide) groups is 1. The van der Waals surface area contributed by atoms with Crippen molar-refractivity contribution >= 4 is 29.3 Å². The van der Waals surface area contributed by atoms with Gasteiger partial charge in [0.25, 0.3) is 11.6 Å². The highest BCUT2D eigenvalue weighted by Crippen LogP contribution is 2.15. The van der Waals surface area contributed by atoms with E-state index in [1.807, 2.05) is 30.3 Å². The van der Waals surface area contributed by atoms with Crippen LogP contribution in [0.3, 0.4) is 0 Å². The second-order valence-corrected chi connectivity index (χ2v) is 6.49. The van der Waals surface area contributed by atoms with Crippen LogP contribution >= 0.6 is 11.8 Å². The summed E-state index contributed by atoms with van der Waals surface area (Å²) < 4.78 is 0. The van der Waals surface area contributed by atoms with Crippen molar-refractivity contribution in [2.45, 2.75) is 11.3 Å². The average molecular weight is 373 g/mol. The fourth-order valence-electron chi connectivity index (χ4n) is 2.09. The molecule has 136 valence electrons. The summed E-state index contributed by atoms with van der Waals surface area (Å²) in [6.07, 6.45) is 0.175. The number of benzene rings is 2. The summed E-state index contributed by atoms with van der Waals surface area (Å²) in [4.78, 5) is 34.9. The summed E-state index contributed by atoms with van der Waals surface area (Å²) in [5.41, 5.74) is 0.240. The van der Waals surface area contributed by atoms with Crippen molar-refractivity contribution in [3.05, 3.63) is 70.3 Å². The predicted molar refractivity (Wildman–Crippen MR) is 100 cm³/mol. The molecule has 8 heteroatoms. The molecule has 26 heavy (non-hydrogen) atoms. The number of nitrogens with one attached hydrogen (secondary N) is 2. The third kappa shape index (κ3) is 6.56. The van der Waals surface area contributed by atoms with Gasteiger partial charge in [0.15, 0.2) is 0 Å². The van der Waals surface area contributed by atoms with Gasteiger partial charge in [0, 0.05) is 47.9 Å². The first-order valence-corrected chi connectivity index (χ1v) is 9.02. The first kappa shape index (κ1) is 19.5. The number of nitro benzene ring substituents is 1. The standard InChI is InChI=1S/C18H19N3O4S/c22-17(19-12-13-26-16-4-2-1-3-5-16)10-11-20-18(23)14-6-8-15(9-7-14)21(24)25/h1-9H,10-13H2,(H,19,22)(H,20,23). The lowest BCUT2D eigenvalue weighted by Crippen LogP contribution is -2.31. The lowest BCUT2D eigenvalue weighted by molar-refractivity contribution is -0.384. The van der Waals surface area contributed by atoms with E-state index in [9.17, 15) is 19.7 Å². The summed E-state index contributed by atoms with van der Waals surface area (Å²) >= 11 is 1.66. The maximum absolute atomic E-state index is 11.9. The van der Waals surface area contributed by atoms with Crippen LogP contribution in [0, 0.1) is 10.1 Å². The molecule has 0 spiro atoms. The topological polar surface area (TPSA) is 101 Å². The number of nitro groups is 1. The van der Waals surface area contributed by atoms with Crippen LogP contribution in [0.1, 0.15) is 16.8 Å². The van der Waals surface area contributed by atoms with Crippen LogP contribution in [0.2, 0.25) is 0 Å². The monoisotopic (exact) mass is 373 g/mol. The van der Waals surface area contributed by atoms with Gasteiger partial charge in [-0.2, -0.15) is 0 Å². The van der Waals surface area contributed by atoms with Gasteiger partial charge >= 0.3 is 0 Å². The molecule has 0 heterocycles. The Morgan fingerprint density at radius 3 is 2.31 bits per heavy atom. The number of rotatable bonds is 9. The average Bonchev–Trinajstić information content (AvgIpc) is 2.66. The van der Waals surface area contributed by atoms with Gasteiger partial charge < -0.3 is 10.6 Å². The number of amides is 2. The molecular weight excluding hydrogens is 354 g/mol.